The highest BCUT2D eigenvalue weighted by molar-refractivity contribution is 7.12. The first-order valence-electron chi connectivity index (χ1n) is 5.78. The lowest BCUT2D eigenvalue weighted by atomic mass is 9.99. The SMILES string of the molecule is c1c(C2CCCN2)sc2c1CCCC2. The molecule has 14 heavy (non-hydrogen) atoms. The monoisotopic (exact) mass is 207 g/mol. The fraction of sp³-hybridized carbons (Fsp3) is 0.667. The van der Waals surface area contributed by atoms with Crippen LogP contribution in [-0.2, 0) is 12.8 Å². The molecule has 1 atom stereocenters. The largest absolute Gasteiger partial charge is 0.309 e. The van der Waals surface area contributed by atoms with E-state index in [4.69, 9.17) is 0 Å². The van der Waals surface area contributed by atoms with E-state index < -0.39 is 0 Å². The summed E-state index contributed by atoms with van der Waals surface area (Å²) in [6, 6.07) is 3.16. The fourth-order valence-corrected chi connectivity index (χ4v) is 3.98. The van der Waals surface area contributed by atoms with E-state index >= 15 is 0 Å². The fourth-order valence-electron chi connectivity index (χ4n) is 2.61. The minimum Gasteiger partial charge on any atom is -0.309 e. The maximum absolute atomic E-state index is 3.59. The van der Waals surface area contributed by atoms with E-state index in [9.17, 15) is 0 Å². The van der Waals surface area contributed by atoms with Crippen LogP contribution >= 0.6 is 11.3 Å². The minimum atomic E-state index is 0.686. The molecule has 1 aliphatic carbocycles. The normalized spacial score (nSPS) is 26.4. The molecule has 0 saturated carbocycles. The maximum Gasteiger partial charge on any atom is 0.0415 e. The predicted octanol–water partition coefficient (Wildman–Crippen LogP) is 3.05. The molecule has 3 rings (SSSR count). The summed E-state index contributed by atoms with van der Waals surface area (Å²) in [5, 5.41) is 3.59. The van der Waals surface area contributed by atoms with Crippen LogP contribution in [0.2, 0.25) is 0 Å². The van der Waals surface area contributed by atoms with Gasteiger partial charge in [0, 0.05) is 15.8 Å². The highest BCUT2D eigenvalue weighted by Crippen LogP contribution is 2.35. The van der Waals surface area contributed by atoms with Crippen LogP contribution in [0.5, 0.6) is 0 Å². The van der Waals surface area contributed by atoms with E-state index in [1.54, 1.807) is 15.3 Å². The van der Waals surface area contributed by atoms with Gasteiger partial charge in [0.25, 0.3) is 0 Å². The van der Waals surface area contributed by atoms with Gasteiger partial charge in [-0.3, -0.25) is 0 Å². The molecule has 1 N–H and O–H groups in total. The number of hydrogen-bond acceptors (Lipinski definition) is 2. The second-order valence-corrected chi connectivity index (χ2v) is 5.62. The van der Waals surface area contributed by atoms with Crippen LogP contribution in [0.15, 0.2) is 6.07 Å². The van der Waals surface area contributed by atoms with Crippen LogP contribution in [0.4, 0.5) is 0 Å². The smallest absolute Gasteiger partial charge is 0.0415 e. The number of nitrogens with one attached hydrogen (secondary N) is 1. The molecule has 76 valence electrons. The van der Waals surface area contributed by atoms with Crippen LogP contribution in [0, 0.1) is 0 Å². The van der Waals surface area contributed by atoms with Gasteiger partial charge in [0.1, 0.15) is 0 Å². The Kier molecular flexibility index (Phi) is 2.34. The number of rotatable bonds is 1. The molecule has 0 spiro atoms. The van der Waals surface area contributed by atoms with Crippen molar-refractivity contribution in [2.75, 3.05) is 6.54 Å². The van der Waals surface area contributed by atoms with E-state index in [-0.39, 0.29) is 0 Å². The van der Waals surface area contributed by atoms with E-state index in [1.807, 2.05) is 0 Å². The molecule has 1 fully saturated rings. The molecular formula is C12H17NS. The molecule has 0 aromatic carbocycles. The summed E-state index contributed by atoms with van der Waals surface area (Å²) in [5.41, 5.74) is 1.66. The van der Waals surface area contributed by atoms with Crippen molar-refractivity contribution in [1.29, 1.82) is 0 Å². The van der Waals surface area contributed by atoms with Crippen LogP contribution < -0.4 is 5.32 Å². The van der Waals surface area contributed by atoms with Gasteiger partial charge in [-0.2, -0.15) is 0 Å². The zero-order valence-corrected chi connectivity index (χ0v) is 9.33. The lowest BCUT2D eigenvalue weighted by Gasteiger charge is -2.08. The molecule has 1 unspecified atom stereocenters. The lowest BCUT2D eigenvalue weighted by molar-refractivity contribution is 0.658. The third-order valence-corrected chi connectivity index (χ3v) is 4.77. The Morgan fingerprint density at radius 2 is 2.14 bits per heavy atom. The summed E-state index contributed by atoms with van der Waals surface area (Å²) in [7, 11) is 0. The van der Waals surface area contributed by atoms with Crippen molar-refractivity contribution < 1.29 is 0 Å². The number of aryl methyl sites for hydroxylation is 2. The molecule has 0 bridgehead atoms. The zero-order chi connectivity index (χ0) is 9.38. The molecule has 2 heterocycles. The third-order valence-electron chi connectivity index (χ3n) is 3.42. The quantitative estimate of drug-likeness (QED) is 0.746. The van der Waals surface area contributed by atoms with Crippen molar-refractivity contribution in [3.63, 3.8) is 0 Å². The molecule has 1 aliphatic heterocycles. The van der Waals surface area contributed by atoms with Crippen LogP contribution in [-0.4, -0.2) is 6.54 Å². The summed E-state index contributed by atoms with van der Waals surface area (Å²) < 4.78 is 0. The van der Waals surface area contributed by atoms with Crippen molar-refractivity contribution in [2.24, 2.45) is 0 Å². The summed E-state index contributed by atoms with van der Waals surface area (Å²) >= 11 is 2.07. The van der Waals surface area contributed by atoms with Gasteiger partial charge in [-0.1, -0.05) is 0 Å². The highest BCUT2D eigenvalue weighted by Gasteiger charge is 2.21. The first-order chi connectivity index (χ1) is 6.93. The van der Waals surface area contributed by atoms with Crippen LogP contribution in [0.25, 0.3) is 0 Å². The second kappa shape index (κ2) is 3.67. The van der Waals surface area contributed by atoms with Crippen LogP contribution in [0.3, 0.4) is 0 Å². The standard InChI is InChI=1S/C12H17NS/c1-2-6-11-9(4-1)8-12(14-11)10-5-3-7-13-10/h8,10,13H,1-7H2. The molecule has 0 amide bonds. The van der Waals surface area contributed by atoms with Gasteiger partial charge in [-0.25, -0.2) is 0 Å². The molecular weight excluding hydrogens is 190 g/mol. The summed E-state index contributed by atoms with van der Waals surface area (Å²) in [6.45, 7) is 1.22. The minimum absolute atomic E-state index is 0.686. The topological polar surface area (TPSA) is 12.0 Å². The third kappa shape index (κ3) is 1.51. The molecule has 2 heteroatoms. The summed E-state index contributed by atoms with van der Waals surface area (Å²) in [6.07, 6.45) is 8.18. The zero-order valence-electron chi connectivity index (χ0n) is 8.51. The molecule has 2 aliphatic rings. The Morgan fingerprint density at radius 1 is 1.21 bits per heavy atom. The van der Waals surface area contributed by atoms with Gasteiger partial charge < -0.3 is 5.32 Å². The highest BCUT2D eigenvalue weighted by atomic mass is 32.1. The first-order valence-corrected chi connectivity index (χ1v) is 6.60. The van der Waals surface area contributed by atoms with Gasteiger partial charge in [-0.05, 0) is 56.7 Å². The van der Waals surface area contributed by atoms with Gasteiger partial charge in [-0.15, -0.1) is 11.3 Å². The molecule has 1 saturated heterocycles. The molecule has 1 nitrogen and oxygen atoms in total. The van der Waals surface area contributed by atoms with E-state index in [0.29, 0.717) is 6.04 Å². The van der Waals surface area contributed by atoms with Crippen molar-refractivity contribution in [2.45, 2.75) is 44.6 Å². The Balaban J connectivity index is 1.87. The summed E-state index contributed by atoms with van der Waals surface area (Å²) in [4.78, 5) is 3.29. The number of thiophene rings is 1. The Labute approximate surface area is 89.5 Å². The van der Waals surface area contributed by atoms with E-state index in [0.717, 1.165) is 0 Å². The van der Waals surface area contributed by atoms with Gasteiger partial charge in [0.05, 0.1) is 0 Å². The van der Waals surface area contributed by atoms with Gasteiger partial charge in [0.2, 0.25) is 0 Å². The van der Waals surface area contributed by atoms with Crippen LogP contribution in [0.1, 0.15) is 47.0 Å². The van der Waals surface area contributed by atoms with Gasteiger partial charge >= 0.3 is 0 Å². The van der Waals surface area contributed by atoms with Gasteiger partial charge in [0.15, 0.2) is 0 Å². The Bertz CT molecular complexity index is 300. The molecule has 0 radical (unpaired) electrons. The Morgan fingerprint density at radius 3 is 2.93 bits per heavy atom. The molecule has 1 aromatic heterocycles. The average Bonchev–Trinajstić information content (AvgIpc) is 2.86. The Hall–Kier alpha value is -0.340. The maximum atomic E-state index is 3.59. The van der Waals surface area contributed by atoms with E-state index in [1.165, 1.54) is 45.1 Å². The molecule has 1 aromatic rings. The van der Waals surface area contributed by atoms with Crippen molar-refractivity contribution in [3.8, 4) is 0 Å². The average molecular weight is 207 g/mol. The van der Waals surface area contributed by atoms with Crippen molar-refractivity contribution >= 4 is 11.3 Å². The lowest BCUT2D eigenvalue weighted by Crippen LogP contribution is -2.11. The van der Waals surface area contributed by atoms with E-state index in [2.05, 4.69) is 22.7 Å². The predicted molar refractivity (Wildman–Crippen MR) is 60.9 cm³/mol. The second-order valence-electron chi connectivity index (χ2n) is 4.45. The van der Waals surface area contributed by atoms with Crippen molar-refractivity contribution in [1.82, 2.24) is 5.32 Å². The summed E-state index contributed by atoms with van der Waals surface area (Å²) in [5.74, 6) is 0. The number of fused-ring (bicyclic) bond motifs is 1. The number of hydrogen-bond donors (Lipinski definition) is 1. The first kappa shape index (κ1) is 8.93. The van der Waals surface area contributed by atoms with Crippen molar-refractivity contribution in [3.05, 3.63) is 21.4 Å².